The van der Waals surface area contributed by atoms with E-state index in [0.717, 1.165) is 19.6 Å². The number of carbonyl (C=O) groups is 1. The molecule has 1 N–H and O–H groups in total. The smallest absolute Gasteiger partial charge is 0.223 e. The quantitative estimate of drug-likeness (QED) is 0.673. The summed E-state index contributed by atoms with van der Waals surface area (Å²) in [5.41, 5.74) is 0. The monoisotopic (exact) mass is 227 g/mol. The molecule has 0 aliphatic carbocycles. The van der Waals surface area contributed by atoms with Gasteiger partial charge in [-0.1, -0.05) is 6.42 Å². The van der Waals surface area contributed by atoms with Crippen LogP contribution in [0, 0.1) is 0 Å². The topological polar surface area (TPSA) is 35.6 Å². The first-order chi connectivity index (χ1) is 7.70. The van der Waals surface area contributed by atoms with E-state index in [1.165, 1.54) is 32.4 Å². The molecule has 0 aromatic carbocycles. The molecule has 1 aliphatic rings. The minimum Gasteiger partial charge on any atom is -0.349 e. The van der Waals surface area contributed by atoms with Gasteiger partial charge in [0.05, 0.1) is 0 Å². The average molecular weight is 227 g/mol. The molecule has 0 atom stereocenters. The van der Waals surface area contributed by atoms with Crippen molar-refractivity contribution in [1.29, 1.82) is 0 Å². The SMILES string of the molecule is CN(C)C(=O)CCNCCN1CCCCC1. The standard InChI is InChI=1S/C12H25N3O/c1-14(2)12(16)6-7-13-8-11-15-9-4-3-5-10-15/h13H,3-11H2,1-2H3. The van der Waals surface area contributed by atoms with Crippen LogP contribution in [0.4, 0.5) is 0 Å². The Kier molecular flexibility index (Phi) is 6.42. The van der Waals surface area contributed by atoms with E-state index in [-0.39, 0.29) is 5.91 Å². The molecule has 1 rings (SSSR count). The molecule has 4 heteroatoms. The summed E-state index contributed by atoms with van der Waals surface area (Å²) in [6, 6.07) is 0. The van der Waals surface area contributed by atoms with Crippen molar-refractivity contribution in [3.63, 3.8) is 0 Å². The number of rotatable bonds is 6. The molecule has 16 heavy (non-hydrogen) atoms. The van der Waals surface area contributed by atoms with Crippen LogP contribution in [0.15, 0.2) is 0 Å². The van der Waals surface area contributed by atoms with Crippen molar-refractivity contribution in [2.45, 2.75) is 25.7 Å². The molecule has 0 spiro atoms. The summed E-state index contributed by atoms with van der Waals surface area (Å²) in [6.07, 6.45) is 4.69. The Labute approximate surface area is 99.0 Å². The second-order valence-electron chi connectivity index (χ2n) is 4.69. The largest absolute Gasteiger partial charge is 0.349 e. The van der Waals surface area contributed by atoms with E-state index in [9.17, 15) is 4.79 Å². The lowest BCUT2D eigenvalue weighted by atomic mass is 10.1. The molecule has 1 aliphatic heterocycles. The number of likely N-dealkylation sites (tertiary alicyclic amines) is 1. The van der Waals surface area contributed by atoms with Gasteiger partial charge in [-0.2, -0.15) is 0 Å². The minimum absolute atomic E-state index is 0.200. The third-order valence-electron chi connectivity index (χ3n) is 3.07. The first kappa shape index (κ1) is 13.5. The van der Waals surface area contributed by atoms with Crippen LogP contribution < -0.4 is 5.32 Å². The Balaban J connectivity index is 1.93. The van der Waals surface area contributed by atoms with E-state index in [2.05, 4.69) is 10.2 Å². The molecule has 4 nitrogen and oxygen atoms in total. The minimum atomic E-state index is 0.200. The van der Waals surface area contributed by atoms with Crippen LogP contribution in [0.3, 0.4) is 0 Å². The summed E-state index contributed by atoms with van der Waals surface area (Å²) >= 11 is 0. The highest BCUT2D eigenvalue weighted by Crippen LogP contribution is 2.07. The van der Waals surface area contributed by atoms with Crippen LogP contribution in [0.1, 0.15) is 25.7 Å². The molecule has 0 aromatic rings. The van der Waals surface area contributed by atoms with Crippen LogP contribution in [-0.4, -0.2) is 62.5 Å². The molecule has 0 radical (unpaired) electrons. The fourth-order valence-electron chi connectivity index (χ4n) is 1.96. The first-order valence-corrected chi connectivity index (χ1v) is 6.33. The lowest BCUT2D eigenvalue weighted by Crippen LogP contribution is -2.36. The average Bonchev–Trinajstić information content (AvgIpc) is 2.29. The number of hydrogen-bond donors (Lipinski definition) is 1. The second kappa shape index (κ2) is 7.63. The Morgan fingerprint density at radius 1 is 1.19 bits per heavy atom. The number of nitrogens with zero attached hydrogens (tertiary/aromatic N) is 2. The van der Waals surface area contributed by atoms with Gasteiger partial charge in [0.15, 0.2) is 0 Å². The number of amides is 1. The maximum absolute atomic E-state index is 11.3. The van der Waals surface area contributed by atoms with Gasteiger partial charge >= 0.3 is 0 Å². The van der Waals surface area contributed by atoms with E-state index < -0.39 is 0 Å². The van der Waals surface area contributed by atoms with Crippen molar-refractivity contribution in [2.24, 2.45) is 0 Å². The zero-order valence-corrected chi connectivity index (χ0v) is 10.7. The summed E-state index contributed by atoms with van der Waals surface area (Å²) in [5, 5.41) is 3.33. The summed E-state index contributed by atoms with van der Waals surface area (Å²) in [4.78, 5) is 15.4. The van der Waals surface area contributed by atoms with Crippen LogP contribution >= 0.6 is 0 Å². The molecule has 0 saturated carbocycles. The van der Waals surface area contributed by atoms with Gasteiger partial charge in [-0.15, -0.1) is 0 Å². The van der Waals surface area contributed by atoms with E-state index >= 15 is 0 Å². The van der Waals surface area contributed by atoms with Crippen LogP contribution in [0.5, 0.6) is 0 Å². The summed E-state index contributed by atoms with van der Waals surface area (Å²) in [7, 11) is 3.60. The highest BCUT2D eigenvalue weighted by atomic mass is 16.2. The third-order valence-corrected chi connectivity index (χ3v) is 3.07. The maximum atomic E-state index is 11.3. The Bertz CT molecular complexity index is 200. The third kappa shape index (κ3) is 5.47. The fourth-order valence-corrected chi connectivity index (χ4v) is 1.96. The lowest BCUT2D eigenvalue weighted by Gasteiger charge is -2.26. The summed E-state index contributed by atoms with van der Waals surface area (Å²) < 4.78 is 0. The molecular formula is C12H25N3O. The summed E-state index contributed by atoms with van der Waals surface area (Å²) in [5.74, 6) is 0.200. The number of piperidine rings is 1. The Morgan fingerprint density at radius 3 is 2.50 bits per heavy atom. The highest BCUT2D eigenvalue weighted by Gasteiger charge is 2.09. The van der Waals surface area contributed by atoms with Gasteiger partial charge in [-0.05, 0) is 25.9 Å². The van der Waals surface area contributed by atoms with Gasteiger partial charge < -0.3 is 15.1 Å². The zero-order valence-electron chi connectivity index (χ0n) is 10.7. The van der Waals surface area contributed by atoms with E-state index in [1.54, 1.807) is 19.0 Å². The second-order valence-corrected chi connectivity index (χ2v) is 4.69. The van der Waals surface area contributed by atoms with Gasteiger partial charge in [0.1, 0.15) is 0 Å². The predicted octanol–water partition coefficient (Wildman–Crippen LogP) is 0.540. The van der Waals surface area contributed by atoms with Crippen LogP contribution in [0.2, 0.25) is 0 Å². The van der Waals surface area contributed by atoms with Crippen molar-refractivity contribution in [3.8, 4) is 0 Å². The number of nitrogens with one attached hydrogen (secondary N) is 1. The lowest BCUT2D eigenvalue weighted by molar-refractivity contribution is -0.128. The van der Waals surface area contributed by atoms with Gasteiger partial charge in [-0.3, -0.25) is 4.79 Å². The van der Waals surface area contributed by atoms with Crippen LogP contribution in [-0.2, 0) is 4.79 Å². The van der Waals surface area contributed by atoms with Gasteiger partial charge in [0.2, 0.25) is 5.91 Å². The molecule has 94 valence electrons. The maximum Gasteiger partial charge on any atom is 0.223 e. The van der Waals surface area contributed by atoms with E-state index in [1.807, 2.05) is 0 Å². The van der Waals surface area contributed by atoms with Crippen LogP contribution in [0.25, 0.3) is 0 Å². The molecule has 1 fully saturated rings. The normalized spacial score (nSPS) is 17.4. The van der Waals surface area contributed by atoms with E-state index in [0.29, 0.717) is 6.42 Å². The van der Waals surface area contributed by atoms with Crippen molar-refractivity contribution in [2.75, 3.05) is 46.8 Å². The Morgan fingerprint density at radius 2 is 1.88 bits per heavy atom. The van der Waals surface area contributed by atoms with E-state index in [4.69, 9.17) is 0 Å². The number of carbonyl (C=O) groups excluding carboxylic acids is 1. The van der Waals surface area contributed by atoms with Crippen molar-refractivity contribution < 1.29 is 4.79 Å². The van der Waals surface area contributed by atoms with Crippen molar-refractivity contribution in [1.82, 2.24) is 15.1 Å². The fraction of sp³-hybridized carbons (Fsp3) is 0.917. The number of hydrogen-bond acceptors (Lipinski definition) is 3. The van der Waals surface area contributed by atoms with Gasteiger partial charge in [0.25, 0.3) is 0 Å². The van der Waals surface area contributed by atoms with Gasteiger partial charge in [-0.25, -0.2) is 0 Å². The molecule has 1 amide bonds. The predicted molar refractivity (Wildman–Crippen MR) is 66.5 cm³/mol. The molecule has 0 aromatic heterocycles. The summed E-state index contributed by atoms with van der Waals surface area (Å²) in [6.45, 7) is 5.42. The molecule has 0 bridgehead atoms. The highest BCUT2D eigenvalue weighted by molar-refractivity contribution is 5.75. The molecule has 1 saturated heterocycles. The molecule has 0 unspecified atom stereocenters. The molecular weight excluding hydrogens is 202 g/mol. The van der Waals surface area contributed by atoms with Crippen molar-refractivity contribution in [3.05, 3.63) is 0 Å². The first-order valence-electron chi connectivity index (χ1n) is 6.33. The van der Waals surface area contributed by atoms with Gasteiger partial charge in [0, 0.05) is 40.2 Å². The van der Waals surface area contributed by atoms with Crippen molar-refractivity contribution >= 4 is 5.91 Å². The Hall–Kier alpha value is -0.610. The zero-order chi connectivity index (χ0) is 11.8. The molecule has 1 heterocycles.